The molecule has 0 amide bonds. The van der Waals surface area contributed by atoms with Crippen molar-refractivity contribution in [3.8, 4) is 0 Å². The molecule has 132 valence electrons. The molecule has 0 aliphatic heterocycles. The first-order valence-electron chi connectivity index (χ1n) is 8.00. The van der Waals surface area contributed by atoms with Gasteiger partial charge in [-0.15, -0.1) is 0 Å². The maximum atomic E-state index is 4.07. The lowest BCUT2D eigenvalue weighted by atomic mass is 10.2. The fourth-order valence-corrected chi connectivity index (χ4v) is 1.16. The van der Waals surface area contributed by atoms with Gasteiger partial charge in [0.25, 0.3) is 0 Å². The van der Waals surface area contributed by atoms with Crippen LogP contribution in [-0.4, -0.2) is 24.9 Å². The summed E-state index contributed by atoms with van der Waals surface area (Å²) in [6.07, 6.45) is 6.56. The van der Waals surface area contributed by atoms with E-state index in [2.05, 4.69) is 52.6 Å². The molecule has 0 saturated heterocycles. The minimum Gasteiger partial charge on any atom is -0.241 e. The average molecular weight is 322 g/mol. The first-order chi connectivity index (χ1) is 10.6. The van der Waals surface area contributed by atoms with Gasteiger partial charge in [-0.25, -0.2) is 24.9 Å². The molecular formula is C18H35N5. The Hall–Kier alpha value is -1.91. The minimum atomic E-state index is 0. The van der Waals surface area contributed by atoms with Crippen LogP contribution >= 0.6 is 0 Å². The molecule has 0 N–H and O–H groups in total. The molecule has 0 saturated carbocycles. The molecule has 5 heteroatoms. The van der Waals surface area contributed by atoms with E-state index < -0.39 is 0 Å². The van der Waals surface area contributed by atoms with Crippen LogP contribution in [0.3, 0.4) is 0 Å². The Morgan fingerprint density at radius 1 is 0.652 bits per heavy atom. The van der Waals surface area contributed by atoms with Gasteiger partial charge in [0.1, 0.15) is 24.3 Å². The van der Waals surface area contributed by atoms with E-state index in [1.165, 1.54) is 12.7 Å². The molecule has 2 rings (SSSR count). The predicted octanol–water partition coefficient (Wildman–Crippen LogP) is 5.28. The van der Waals surface area contributed by atoms with Crippen molar-refractivity contribution in [1.29, 1.82) is 0 Å². The van der Waals surface area contributed by atoms with E-state index in [1.807, 2.05) is 33.8 Å². The maximum Gasteiger partial charge on any atom is 0.134 e. The Morgan fingerprint density at radius 3 is 1.26 bits per heavy atom. The van der Waals surface area contributed by atoms with E-state index in [0.717, 1.165) is 11.6 Å². The summed E-state index contributed by atoms with van der Waals surface area (Å²) in [5.41, 5.74) is 0. The van der Waals surface area contributed by atoms with Crippen LogP contribution in [0, 0.1) is 0 Å². The van der Waals surface area contributed by atoms with Gasteiger partial charge in [-0.05, 0) is 6.07 Å². The van der Waals surface area contributed by atoms with Gasteiger partial charge in [-0.1, -0.05) is 62.8 Å². The van der Waals surface area contributed by atoms with E-state index >= 15 is 0 Å². The normalized spacial score (nSPS) is 8.43. The van der Waals surface area contributed by atoms with Crippen molar-refractivity contribution in [2.45, 2.75) is 74.7 Å². The van der Waals surface area contributed by atoms with Gasteiger partial charge in [0.05, 0.1) is 0 Å². The predicted molar refractivity (Wildman–Crippen MR) is 99.5 cm³/mol. The monoisotopic (exact) mass is 321 g/mol. The number of hydrogen-bond donors (Lipinski definition) is 0. The van der Waals surface area contributed by atoms with E-state index in [4.69, 9.17) is 0 Å². The summed E-state index contributed by atoms with van der Waals surface area (Å²) in [6, 6.07) is 1.83. The van der Waals surface area contributed by atoms with Gasteiger partial charge >= 0.3 is 0 Å². The zero-order valence-electron chi connectivity index (χ0n) is 15.3. The highest BCUT2D eigenvalue weighted by Crippen LogP contribution is 2.05. The Bertz CT molecular complexity index is 386. The molecule has 0 radical (unpaired) electrons. The Kier molecular flexibility index (Phi) is 20.5. The van der Waals surface area contributed by atoms with Gasteiger partial charge in [0.2, 0.25) is 0 Å². The Balaban J connectivity index is -0.000000276. The van der Waals surface area contributed by atoms with Gasteiger partial charge in [-0.2, -0.15) is 0 Å². The van der Waals surface area contributed by atoms with Crippen molar-refractivity contribution in [2.24, 2.45) is 0 Å². The third kappa shape index (κ3) is 13.5. The van der Waals surface area contributed by atoms with Gasteiger partial charge < -0.3 is 0 Å². The second-order valence-electron chi connectivity index (χ2n) is 4.41. The number of hydrogen-bond acceptors (Lipinski definition) is 5. The second-order valence-corrected chi connectivity index (χ2v) is 4.41. The molecular weight excluding hydrogens is 286 g/mol. The maximum absolute atomic E-state index is 4.07. The average Bonchev–Trinajstić information content (AvgIpc) is 2.60. The fourth-order valence-electron chi connectivity index (χ4n) is 1.16. The quantitative estimate of drug-likeness (QED) is 0.752. The fraction of sp³-hybridized carbons (Fsp3) is 0.611. The van der Waals surface area contributed by atoms with Gasteiger partial charge in [0.15, 0.2) is 0 Å². The molecule has 0 atom stereocenters. The highest BCUT2D eigenvalue weighted by atomic mass is 15.0. The first kappa shape index (κ1) is 26.0. The lowest BCUT2D eigenvalue weighted by molar-refractivity contribution is 0.759. The molecule has 0 aliphatic rings. The van der Waals surface area contributed by atoms with Crippen LogP contribution in [0.4, 0.5) is 0 Å². The summed E-state index contributed by atoms with van der Waals surface area (Å²) in [6.45, 7) is 16.3. The smallest absolute Gasteiger partial charge is 0.134 e. The zero-order valence-corrected chi connectivity index (χ0v) is 15.3. The van der Waals surface area contributed by atoms with Crippen LogP contribution in [0.1, 0.15) is 86.3 Å². The molecule has 0 spiro atoms. The summed E-state index contributed by atoms with van der Waals surface area (Å²) < 4.78 is 0. The third-order valence-electron chi connectivity index (χ3n) is 2.13. The molecule has 0 aliphatic carbocycles. The van der Waals surface area contributed by atoms with Gasteiger partial charge in [-0.3, -0.25) is 0 Å². The zero-order chi connectivity index (χ0) is 17.4. The van der Waals surface area contributed by atoms with Crippen LogP contribution in [0.5, 0.6) is 0 Å². The molecule has 2 heterocycles. The van der Waals surface area contributed by atoms with Crippen LogP contribution in [0.15, 0.2) is 31.1 Å². The standard InChI is InChI=1S/C7H10N2.C6H9N3.2C2H6.CH4/c1-6(2)7-8-4-3-5-9-7;1-5(2)6-8-3-7-4-9-6;2*1-2;/h3-6H,1-2H3;3-5H,1-2H3;2*1-2H3;1H4. The van der Waals surface area contributed by atoms with E-state index in [1.54, 1.807) is 12.4 Å². The van der Waals surface area contributed by atoms with Crippen LogP contribution in [0.2, 0.25) is 0 Å². The van der Waals surface area contributed by atoms with Gasteiger partial charge in [0, 0.05) is 24.2 Å². The van der Waals surface area contributed by atoms with Crippen molar-refractivity contribution >= 4 is 0 Å². The Morgan fingerprint density at radius 2 is 1.00 bits per heavy atom. The number of rotatable bonds is 2. The molecule has 0 fully saturated rings. The molecule has 2 aromatic heterocycles. The van der Waals surface area contributed by atoms with Crippen molar-refractivity contribution < 1.29 is 0 Å². The summed E-state index contributed by atoms with van der Waals surface area (Å²) in [5.74, 6) is 2.60. The highest BCUT2D eigenvalue weighted by Gasteiger charge is 1.98. The van der Waals surface area contributed by atoms with Crippen LogP contribution in [-0.2, 0) is 0 Å². The first-order valence-corrected chi connectivity index (χ1v) is 8.00. The highest BCUT2D eigenvalue weighted by molar-refractivity contribution is 4.92. The molecule has 0 aromatic carbocycles. The van der Waals surface area contributed by atoms with Crippen molar-refractivity contribution in [1.82, 2.24) is 24.9 Å². The molecule has 0 bridgehead atoms. The number of aromatic nitrogens is 5. The van der Waals surface area contributed by atoms with E-state index in [9.17, 15) is 0 Å². The van der Waals surface area contributed by atoms with Crippen molar-refractivity contribution in [3.05, 3.63) is 42.8 Å². The molecule has 0 unspecified atom stereocenters. The summed E-state index contributed by atoms with van der Waals surface area (Å²) >= 11 is 0. The SMILES string of the molecule is C.CC.CC.CC(C)c1ncccn1.CC(C)c1ncncn1. The summed E-state index contributed by atoms with van der Waals surface area (Å²) in [5, 5.41) is 0. The Labute approximate surface area is 143 Å². The van der Waals surface area contributed by atoms with Crippen molar-refractivity contribution in [2.75, 3.05) is 0 Å². The minimum absolute atomic E-state index is 0. The van der Waals surface area contributed by atoms with E-state index in [0.29, 0.717) is 11.8 Å². The number of nitrogens with zero attached hydrogens (tertiary/aromatic N) is 5. The van der Waals surface area contributed by atoms with E-state index in [-0.39, 0.29) is 7.43 Å². The summed E-state index contributed by atoms with van der Waals surface area (Å²) in [4.78, 5) is 19.8. The van der Waals surface area contributed by atoms with Crippen LogP contribution in [0.25, 0.3) is 0 Å². The molecule has 5 nitrogen and oxygen atoms in total. The second kappa shape index (κ2) is 18.1. The van der Waals surface area contributed by atoms with Crippen molar-refractivity contribution in [3.63, 3.8) is 0 Å². The lowest BCUT2D eigenvalue weighted by Gasteiger charge is -1.98. The molecule has 23 heavy (non-hydrogen) atoms. The third-order valence-corrected chi connectivity index (χ3v) is 2.13. The summed E-state index contributed by atoms with van der Waals surface area (Å²) in [7, 11) is 0. The largest absolute Gasteiger partial charge is 0.241 e. The van der Waals surface area contributed by atoms with Crippen LogP contribution < -0.4 is 0 Å². The molecule has 2 aromatic rings. The lowest BCUT2D eigenvalue weighted by Crippen LogP contribution is -1.95. The topological polar surface area (TPSA) is 64.5 Å².